The summed E-state index contributed by atoms with van der Waals surface area (Å²) in [6, 6.07) is 4.23. The predicted molar refractivity (Wildman–Crippen MR) is 80.7 cm³/mol. The van der Waals surface area contributed by atoms with Gasteiger partial charge in [0.2, 0.25) is 5.91 Å². The van der Waals surface area contributed by atoms with Crippen LogP contribution in [-0.2, 0) is 4.79 Å². The van der Waals surface area contributed by atoms with Gasteiger partial charge in [-0.2, -0.15) is 0 Å². The van der Waals surface area contributed by atoms with Crippen LogP contribution in [0, 0.1) is 0 Å². The van der Waals surface area contributed by atoms with Gasteiger partial charge >= 0.3 is 5.97 Å². The second-order valence-corrected chi connectivity index (χ2v) is 4.79. The molecule has 2 N–H and O–H groups in total. The summed E-state index contributed by atoms with van der Waals surface area (Å²) in [7, 11) is 0. The van der Waals surface area contributed by atoms with Gasteiger partial charge in [-0.25, -0.2) is 9.78 Å². The Kier molecular flexibility index (Phi) is 7.01. The van der Waals surface area contributed by atoms with Crippen molar-refractivity contribution in [2.45, 2.75) is 26.7 Å². The third kappa shape index (κ3) is 5.16. The zero-order chi connectivity index (χ0) is 16.5. The van der Waals surface area contributed by atoms with E-state index in [9.17, 15) is 14.4 Å². The number of nitrogens with one attached hydrogen (secondary N) is 1. The molecule has 1 aromatic heterocycles. The number of carboxylic acids is 1. The molecule has 0 spiro atoms. The summed E-state index contributed by atoms with van der Waals surface area (Å²) in [6.07, 6.45) is 1.50. The van der Waals surface area contributed by atoms with Crippen LogP contribution in [0.15, 0.2) is 18.2 Å². The summed E-state index contributed by atoms with van der Waals surface area (Å²) in [5.74, 6) is -1.88. The second kappa shape index (κ2) is 8.76. The lowest BCUT2D eigenvalue weighted by molar-refractivity contribution is -0.121. The van der Waals surface area contributed by atoms with E-state index in [0.29, 0.717) is 19.5 Å². The fraction of sp³-hybridized carbons (Fsp3) is 0.467. The van der Waals surface area contributed by atoms with Gasteiger partial charge in [-0.05, 0) is 25.0 Å². The minimum absolute atomic E-state index is 0.0247. The molecule has 1 heterocycles. The fourth-order valence-corrected chi connectivity index (χ4v) is 1.85. The molecule has 0 radical (unpaired) electrons. The summed E-state index contributed by atoms with van der Waals surface area (Å²) >= 11 is 0. The highest BCUT2D eigenvalue weighted by molar-refractivity contribution is 5.96. The third-order valence-electron chi connectivity index (χ3n) is 2.87. The molecule has 1 aromatic rings. The van der Waals surface area contributed by atoms with Crippen LogP contribution in [0.5, 0.6) is 0 Å². The second-order valence-electron chi connectivity index (χ2n) is 4.79. The highest BCUT2D eigenvalue weighted by atomic mass is 16.4. The Labute approximate surface area is 129 Å². The van der Waals surface area contributed by atoms with E-state index in [1.54, 1.807) is 0 Å². The van der Waals surface area contributed by atoms with Crippen molar-refractivity contribution in [1.82, 2.24) is 15.2 Å². The summed E-state index contributed by atoms with van der Waals surface area (Å²) < 4.78 is 0. The topological polar surface area (TPSA) is 99.6 Å². The van der Waals surface area contributed by atoms with Gasteiger partial charge in [0, 0.05) is 13.1 Å². The van der Waals surface area contributed by atoms with Gasteiger partial charge < -0.3 is 15.3 Å². The van der Waals surface area contributed by atoms with Crippen LogP contribution >= 0.6 is 0 Å². The minimum Gasteiger partial charge on any atom is -0.477 e. The maximum Gasteiger partial charge on any atom is 0.354 e. The van der Waals surface area contributed by atoms with Gasteiger partial charge in [-0.3, -0.25) is 9.59 Å². The molecular weight excluding hydrogens is 286 g/mol. The smallest absolute Gasteiger partial charge is 0.354 e. The SMILES string of the molecule is CCCNC(=O)CN(CCC)C(=O)c1cccc(C(=O)O)n1. The molecule has 2 amide bonds. The molecule has 1 rings (SSSR count). The molecule has 0 fully saturated rings. The van der Waals surface area contributed by atoms with Crippen molar-refractivity contribution in [3.63, 3.8) is 0 Å². The van der Waals surface area contributed by atoms with E-state index in [1.807, 2.05) is 13.8 Å². The van der Waals surface area contributed by atoms with Crippen molar-refractivity contribution in [3.05, 3.63) is 29.6 Å². The Hall–Kier alpha value is -2.44. The molecule has 0 bridgehead atoms. The molecule has 22 heavy (non-hydrogen) atoms. The van der Waals surface area contributed by atoms with Crippen LogP contribution in [0.3, 0.4) is 0 Å². The van der Waals surface area contributed by atoms with Gasteiger partial charge in [0.25, 0.3) is 5.91 Å². The van der Waals surface area contributed by atoms with E-state index in [4.69, 9.17) is 5.11 Å². The number of aromatic carboxylic acids is 1. The molecule has 120 valence electrons. The van der Waals surface area contributed by atoms with Gasteiger partial charge in [-0.1, -0.05) is 19.9 Å². The average molecular weight is 307 g/mol. The lowest BCUT2D eigenvalue weighted by Crippen LogP contribution is -2.41. The Morgan fingerprint density at radius 1 is 1.18 bits per heavy atom. The zero-order valence-corrected chi connectivity index (χ0v) is 12.8. The van der Waals surface area contributed by atoms with Crippen molar-refractivity contribution in [2.75, 3.05) is 19.6 Å². The van der Waals surface area contributed by atoms with E-state index in [2.05, 4.69) is 10.3 Å². The molecule has 0 atom stereocenters. The lowest BCUT2D eigenvalue weighted by Gasteiger charge is -2.21. The first-order valence-corrected chi connectivity index (χ1v) is 7.25. The van der Waals surface area contributed by atoms with E-state index in [-0.39, 0.29) is 23.8 Å². The molecule has 0 aliphatic carbocycles. The Balaban J connectivity index is 2.86. The van der Waals surface area contributed by atoms with E-state index in [0.717, 1.165) is 6.42 Å². The van der Waals surface area contributed by atoms with Crippen molar-refractivity contribution >= 4 is 17.8 Å². The number of carbonyl (C=O) groups is 3. The predicted octanol–water partition coefficient (Wildman–Crippen LogP) is 1.16. The van der Waals surface area contributed by atoms with Crippen LogP contribution in [-0.4, -0.2) is 52.4 Å². The quantitative estimate of drug-likeness (QED) is 0.750. The first-order chi connectivity index (χ1) is 10.5. The lowest BCUT2D eigenvalue weighted by atomic mass is 10.2. The molecule has 7 nitrogen and oxygen atoms in total. The third-order valence-corrected chi connectivity index (χ3v) is 2.87. The number of rotatable bonds is 8. The average Bonchev–Trinajstić information content (AvgIpc) is 2.51. The summed E-state index contributed by atoms with van der Waals surface area (Å²) in [5.41, 5.74) is -0.172. The maximum absolute atomic E-state index is 12.4. The Bertz CT molecular complexity index is 545. The largest absolute Gasteiger partial charge is 0.477 e. The van der Waals surface area contributed by atoms with Gasteiger partial charge in [0.1, 0.15) is 11.4 Å². The molecule has 0 saturated carbocycles. The van der Waals surface area contributed by atoms with Gasteiger partial charge in [-0.15, -0.1) is 0 Å². The molecule has 0 aliphatic heterocycles. The Morgan fingerprint density at radius 3 is 2.45 bits per heavy atom. The first kappa shape index (κ1) is 17.6. The number of nitrogens with zero attached hydrogens (tertiary/aromatic N) is 2. The van der Waals surface area contributed by atoms with Gasteiger partial charge in [0.15, 0.2) is 0 Å². The summed E-state index contributed by atoms with van der Waals surface area (Å²) in [5, 5.41) is 11.6. The van der Waals surface area contributed by atoms with Crippen molar-refractivity contribution in [1.29, 1.82) is 0 Å². The van der Waals surface area contributed by atoms with Crippen molar-refractivity contribution < 1.29 is 19.5 Å². The highest BCUT2D eigenvalue weighted by Crippen LogP contribution is 2.05. The molecule has 0 aromatic carbocycles. The highest BCUT2D eigenvalue weighted by Gasteiger charge is 2.20. The summed E-state index contributed by atoms with van der Waals surface area (Å²) in [4.78, 5) is 40.3. The monoisotopic (exact) mass is 307 g/mol. The number of aromatic nitrogens is 1. The number of hydrogen-bond acceptors (Lipinski definition) is 4. The summed E-state index contributed by atoms with van der Waals surface area (Å²) in [6.45, 7) is 4.73. The van der Waals surface area contributed by atoms with E-state index >= 15 is 0 Å². The number of amides is 2. The van der Waals surface area contributed by atoms with Crippen LogP contribution in [0.4, 0.5) is 0 Å². The van der Waals surface area contributed by atoms with Crippen LogP contribution in [0.25, 0.3) is 0 Å². The van der Waals surface area contributed by atoms with Crippen LogP contribution in [0.1, 0.15) is 47.7 Å². The number of pyridine rings is 1. The molecule has 7 heteroatoms. The maximum atomic E-state index is 12.4. The van der Waals surface area contributed by atoms with Gasteiger partial charge in [0.05, 0.1) is 6.54 Å². The van der Waals surface area contributed by atoms with Crippen LogP contribution in [0.2, 0.25) is 0 Å². The fourth-order valence-electron chi connectivity index (χ4n) is 1.85. The molecule has 0 saturated heterocycles. The standard InChI is InChI=1S/C15H21N3O4/c1-3-8-16-13(19)10-18(9-4-2)14(20)11-6-5-7-12(17-11)15(21)22/h5-7H,3-4,8-10H2,1-2H3,(H,16,19)(H,21,22). The number of carbonyl (C=O) groups excluding carboxylic acids is 2. The molecular formula is C15H21N3O4. The normalized spacial score (nSPS) is 10.1. The molecule has 0 unspecified atom stereocenters. The number of carboxylic acid groups (broad SMARTS) is 1. The molecule has 0 aliphatic rings. The number of hydrogen-bond donors (Lipinski definition) is 2. The van der Waals surface area contributed by atoms with E-state index in [1.165, 1.54) is 23.1 Å². The Morgan fingerprint density at radius 2 is 1.86 bits per heavy atom. The zero-order valence-electron chi connectivity index (χ0n) is 12.8. The minimum atomic E-state index is -1.20. The van der Waals surface area contributed by atoms with Crippen molar-refractivity contribution in [3.8, 4) is 0 Å². The van der Waals surface area contributed by atoms with Crippen molar-refractivity contribution in [2.24, 2.45) is 0 Å². The van der Waals surface area contributed by atoms with Crippen LogP contribution < -0.4 is 5.32 Å². The van der Waals surface area contributed by atoms with E-state index < -0.39 is 11.9 Å². The first-order valence-electron chi connectivity index (χ1n) is 7.25.